The summed E-state index contributed by atoms with van der Waals surface area (Å²) in [5.41, 5.74) is 1.13. The van der Waals surface area contributed by atoms with Gasteiger partial charge in [0.05, 0.1) is 19.3 Å². The minimum Gasteiger partial charge on any atom is -0.481 e. The van der Waals surface area contributed by atoms with Gasteiger partial charge in [-0.15, -0.1) is 0 Å². The molecule has 142 valence electrons. The van der Waals surface area contributed by atoms with Gasteiger partial charge in [0.1, 0.15) is 0 Å². The standard InChI is InChI=1S/C20H34O4Si/c1-16(13-19(21)22)12-18(24-25(5,6)20(2,3)4)15-23-14-17-10-8-7-9-11-17/h7-11,16,18H,12-15H2,1-6H3,(H,21,22)/t16-,18+/m0/s1. The molecule has 25 heavy (non-hydrogen) atoms. The van der Waals surface area contributed by atoms with Gasteiger partial charge in [0.2, 0.25) is 0 Å². The first-order chi connectivity index (χ1) is 11.5. The third-order valence-electron chi connectivity index (χ3n) is 4.87. The predicted octanol–water partition coefficient (Wildman–Crippen LogP) is 5.09. The van der Waals surface area contributed by atoms with Gasteiger partial charge in [0, 0.05) is 6.42 Å². The maximum Gasteiger partial charge on any atom is 0.303 e. The monoisotopic (exact) mass is 366 g/mol. The molecule has 0 unspecified atom stereocenters. The molecule has 1 aromatic rings. The number of ether oxygens (including phenoxy) is 1. The van der Waals surface area contributed by atoms with E-state index < -0.39 is 14.3 Å². The Morgan fingerprint density at radius 1 is 1.20 bits per heavy atom. The Bertz CT molecular complexity index is 522. The molecule has 0 aliphatic heterocycles. The molecule has 0 amide bonds. The van der Waals surface area contributed by atoms with Crippen molar-refractivity contribution in [3.8, 4) is 0 Å². The smallest absolute Gasteiger partial charge is 0.303 e. The van der Waals surface area contributed by atoms with Crippen molar-refractivity contribution in [3.63, 3.8) is 0 Å². The number of benzene rings is 1. The summed E-state index contributed by atoms with van der Waals surface area (Å²) in [6.45, 7) is 14.1. The van der Waals surface area contributed by atoms with Crippen LogP contribution in [0.2, 0.25) is 18.1 Å². The summed E-state index contributed by atoms with van der Waals surface area (Å²) in [6, 6.07) is 10.1. The van der Waals surface area contributed by atoms with E-state index in [0.29, 0.717) is 19.6 Å². The van der Waals surface area contributed by atoms with Gasteiger partial charge in [-0.1, -0.05) is 58.0 Å². The fraction of sp³-hybridized carbons (Fsp3) is 0.650. The van der Waals surface area contributed by atoms with Crippen LogP contribution < -0.4 is 0 Å². The SMILES string of the molecule is C[C@H](CC(=O)O)C[C@H](COCc1ccccc1)O[Si](C)(C)C(C)(C)C. The summed E-state index contributed by atoms with van der Waals surface area (Å²) >= 11 is 0. The van der Waals surface area contributed by atoms with Crippen LogP contribution in [-0.4, -0.2) is 32.1 Å². The summed E-state index contributed by atoms with van der Waals surface area (Å²) in [6.07, 6.45) is 0.794. The molecule has 0 aliphatic carbocycles. The van der Waals surface area contributed by atoms with Crippen molar-refractivity contribution in [2.45, 2.75) is 71.4 Å². The van der Waals surface area contributed by atoms with Gasteiger partial charge in [-0.05, 0) is 36.0 Å². The van der Waals surface area contributed by atoms with Crippen molar-refractivity contribution < 1.29 is 19.1 Å². The first kappa shape index (κ1) is 21.9. The molecule has 0 bridgehead atoms. The van der Waals surface area contributed by atoms with E-state index in [-0.39, 0.29) is 23.5 Å². The van der Waals surface area contributed by atoms with Gasteiger partial charge < -0.3 is 14.3 Å². The third kappa shape index (κ3) is 8.16. The molecule has 0 heterocycles. The fourth-order valence-corrected chi connectivity index (χ4v) is 3.81. The van der Waals surface area contributed by atoms with E-state index in [0.717, 1.165) is 5.56 Å². The molecule has 0 saturated heterocycles. The highest BCUT2D eigenvalue weighted by molar-refractivity contribution is 6.74. The minimum absolute atomic E-state index is 0.0626. The first-order valence-corrected chi connectivity index (χ1v) is 11.9. The molecule has 0 spiro atoms. The van der Waals surface area contributed by atoms with Crippen LogP contribution in [0.3, 0.4) is 0 Å². The van der Waals surface area contributed by atoms with Crippen LogP contribution in [0.25, 0.3) is 0 Å². The van der Waals surface area contributed by atoms with Crippen LogP contribution in [0.1, 0.15) is 46.1 Å². The lowest BCUT2D eigenvalue weighted by atomic mass is 10.0. The molecule has 0 radical (unpaired) electrons. The second-order valence-electron chi connectivity index (χ2n) is 8.44. The number of hydrogen-bond acceptors (Lipinski definition) is 3. The van der Waals surface area contributed by atoms with Crippen molar-refractivity contribution in [1.82, 2.24) is 0 Å². The molecule has 0 aromatic heterocycles. The molecule has 0 fully saturated rings. The molecule has 1 aromatic carbocycles. The van der Waals surface area contributed by atoms with E-state index in [4.69, 9.17) is 14.3 Å². The number of carboxylic acids is 1. The van der Waals surface area contributed by atoms with E-state index in [2.05, 4.69) is 33.9 Å². The van der Waals surface area contributed by atoms with E-state index in [1.807, 2.05) is 37.3 Å². The first-order valence-electron chi connectivity index (χ1n) is 9.02. The number of carboxylic acid groups (broad SMARTS) is 1. The van der Waals surface area contributed by atoms with E-state index in [1.54, 1.807) is 0 Å². The third-order valence-corrected chi connectivity index (χ3v) is 9.41. The van der Waals surface area contributed by atoms with Gasteiger partial charge in [-0.2, -0.15) is 0 Å². The zero-order valence-corrected chi connectivity index (χ0v) is 17.5. The summed E-state index contributed by atoms with van der Waals surface area (Å²) in [5, 5.41) is 9.13. The van der Waals surface area contributed by atoms with Crippen molar-refractivity contribution in [1.29, 1.82) is 0 Å². The van der Waals surface area contributed by atoms with E-state index in [1.165, 1.54) is 0 Å². The van der Waals surface area contributed by atoms with Gasteiger partial charge in [-0.25, -0.2) is 0 Å². The van der Waals surface area contributed by atoms with Gasteiger partial charge in [0.15, 0.2) is 8.32 Å². The summed E-state index contributed by atoms with van der Waals surface area (Å²) in [5.74, 6) is -0.698. The highest BCUT2D eigenvalue weighted by Gasteiger charge is 2.39. The molecule has 1 rings (SSSR count). The second-order valence-corrected chi connectivity index (χ2v) is 13.2. The van der Waals surface area contributed by atoms with Crippen LogP contribution in [0.5, 0.6) is 0 Å². The maximum absolute atomic E-state index is 11.0. The Kier molecular flexibility index (Phi) is 8.31. The van der Waals surface area contributed by atoms with Crippen molar-refractivity contribution in [3.05, 3.63) is 35.9 Å². The molecule has 5 heteroatoms. The maximum atomic E-state index is 11.0. The molecular formula is C20H34O4Si. The topological polar surface area (TPSA) is 55.8 Å². The summed E-state index contributed by atoms with van der Waals surface area (Å²) < 4.78 is 12.4. The highest BCUT2D eigenvalue weighted by Crippen LogP contribution is 2.38. The molecule has 0 saturated carbocycles. The minimum atomic E-state index is -1.93. The molecule has 4 nitrogen and oxygen atoms in total. The quantitative estimate of drug-likeness (QED) is 0.586. The average Bonchev–Trinajstić information content (AvgIpc) is 2.45. The Hall–Kier alpha value is -1.17. The van der Waals surface area contributed by atoms with Crippen molar-refractivity contribution in [2.75, 3.05) is 6.61 Å². The second kappa shape index (κ2) is 9.50. The average molecular weight is 367 g/mol. The molecule has 2 atom stereocenters. The Balaban J connectivity index is 2.68. The lowest BCUT2D eigenvalue weighted by molar-refractivity contribution is -0.138. The largest absolute Gasteiger partial charge is 0.481 e. The van der Waals surface area contributed by atoms with Gasteiger partial charge in [0.25, 0.3) is 0 Å². The number of hydrogen-bond donors (Lipinski definition) is 1. The predicted molar refractivity (Wildman–Crippen MR) is 104 cm³/mol. The van der Waals surface area contributed by atoms with E-state index >= 15 is 0 Å². The van der Waals surface area contributed by atoms with Gasteiger partial charge >= 0.3 is 5.97 Å². The van der Waals surface area contributed by atoms with E-state index in [9.17, 15) is 4.79 Å². The van der Waals surface area contributed by atoms with Crippen molar-refractivity contribution in [2.24, 2.45) is 5.92 Å². The number of rotatable bonds is 10. The highest BCUT2D eigenvalue weighted by atomic mass is 28.4. The zero-order chi connectivity index (χ0) is 19.1. The summed E-state index contributed by atoms with van der Waals surface area (Å²) in [7, 11) is -1.93. The lowest BCUT2D eigenvalue weighted by Crippen LogP contribution is -2.45. The van der Waals surface area contributed by atoms with Crippen LogP contribution in [-0.2, 0) is 20.6 Å². The normalized spacial score (nSPS) is 15.0. The number of carbonyl (C=O) groups is 1. The van der Waals surface area contributed by atoms with Crippen LogP contribution in [0.15, 0.2) is 30.3 Å². The number of aliphatic carboxylic acids is 1. The van der Waals surface area contributed by atoms with Crippen LogP contribution in [0, 0.1) is 5.92 Å². The van der Waals surface area contributed by atoms with Gasteiger partial charge in [-0.3, -0.25) is 4.79 Å². The fourth-order valence-electron chi connectivity index (χ4n) is 2.46. The molecule has 1 N–H and O–H groups in total. The van der Waals surface area contributed by atoms with Crippen molar-refractivity contribution >= 4 is 14.3 Å². The summed E-state index contributed by atoms with van der Waals surface area (Å²) in [4.78, 5) is 11.0. The Labute approximate surface area is 153 Å². The van der Waals surface area contributed by atoms with Crippen LogP contribution in [0.4, 0.5) is 0 Å². The van der Waals surface area contributed by atoms with Crippen LogP contribution >= 0.6 is 0 Å². The lowest BCUT2D eigenvalue weighted by Gasteiger charge is -2.39. The Morgan fingerprint density at radius 3 is 2.32 bits per heavy atom. The zero-order valence-electron chi connectivity index (χ0n) is 16.5. The Morgan fingerprint density at radius 2 is 1.80 bits per heavy atom. The molecular weight excluding hydrogens is 332 g/mol. The molecule has 0 aliphatic rings.